The lowest BCUT2D eigenvalue weighted by molar-refractivity contribution is 0.194. The van der Waals surface area contributed by atoms with Crippen molar-refractivity contribution < 1.29 is 15.0 Å². The van der Waals surface area contributed by atoms with Crippen LogP contribution in [0.5, 0.6) is 0 Å². The summed E-state index contributed by atoms with van der Waals surface area (Å²) in [6, 6.07) is 7.68. The molecule has 0 unspecified atom stereocenters. The minimum Gasteiger partial charge on any atom is -0.465 e. The molecule has 2 aromatic rings. The summed E-state index contributed by atoms with van der Waals surface area (Å²) >= 11 is 1.54. The summed E-state index contributed by atoms with van der Waals surface area (Å²) in [5.41, 5.74) is 0.914. The van der Waals surface area contributed by atoms with Gasteiger partial charge in [0.1, 0.15) is 0 Å². The lowest BCUT2D eigenvalue weighted by atomic mass is 10.1. The highest BCUT2D eigenvalue weighted by molar-refractivity contribution is 7.19. The van der Waals surface area contributed by atoms with Gasteiger partial charge in [0.15, 0.2) is 0 Å². The average molecular weight is 237 g/mol. The highest BCUT2D eigenvalue weighted by Gasteiger charge is 2.03. The highest BCUT2D eigenvalue weighted by Crippen LogP contribution is 2.26. The molecule has 3 N–H and O–H groups in total. The van der Waals surface area contributed by atoms with Crippen LogP contribution in [0.2, 0.25) is 0 Å². The fraction of sp³-hybridized carbons (Fsp3) is 0.182. The summed E-state index contributed by atoms with van der Waals surface area (Å²) in [7, 11) is 0. The summed E-state index contributed by atoms with van der Waals surface area (Å²) in [6.45, 7) is 0.345. The molecule has 0 saturated heterocycles. The molecular weight excluding hydrogens is 226 g/mol. The SMILES string of the molecule is O=C(O)NCc1ccc2sc(CO)cc2c1. The molecule has 0 atom stereocenters. The Morgan fingerprint density at radius 2 is 2.19 bits per heavy atom. The van der Waals surface area contributed by atoms with Crippen LogP contribution >= 0.6 is 11.3 Å². The Kier molecular flexibility index (Phi) is 3.07. The molecule has 0 fully saturated rings. The third-order valence-electron chi connectivity index (χ3n) is 2.23. The van der Waals surface area contributed by atoms with E-state index in [1.807, 2.05) is 24.3 Å². The molecule has 0 aliphatic rings. The van der Waals surface area contributed by atoms with Crippen molar-refractivity contribution in [3.05, 3.63) is 34.7 Å². The second-order valence-corrected chi connectivity index (χ2v) is 4.57. The third kappa shape index (κ3) is 2.32. The van der Waals surface area contributed by atoms with E-state index < -0.39 is 6.09 Å². The molecule has 0 aliphatic carbocycles. The van der Waals surface area contributed by atoms with Crippen LogP contribution in [0.25, 0.3) is 10.1 Å². The van der Waals surface area contributed by atoms with E-state index in [2.05, 4.69) is 5.32 Å². The maximum absolute atomic E-state index is 10.3. The number of hydrogen-bond acceptors (Lipinski definition) is 3. The van der Waals surface area contributed by atoms with Gasteiger partial charge in [0, 0.05) is 16.1 Å². The van der Waals surface area contributed by atoms with Gasteiger partial charge in [-0.05, 0) is 29.1 Å². The predicted molar refractivity (Wildman–Crippen MR) is 62.6 cm³/mol. The van der Waals surface area contributed by atoms with E-state index in [9.17, 15) is 4.79 Å². The molecule has 0 bridgehead atoms. The van der Waals surface area contributed by atoms with Gasteiger partial charge < -0.3 is 15.5 Å². The summed E-state index contributed by atoms with van der Waals surface area (Å²) in [4.78, 5) is 11.3. The van der Waals surface area contributed by atoms with E-state index in [1.165, 1.54) is 0 Å². The van der Waals surface area contributed by atoms with Crippen molar-refractivity contribution in [1.29, 1.82) is 0 Å². The van der Waals surface area contributed by atoms with Crippen molar-refractivity contribution in [1.82, 2.24) is 5.32 Å². The van der Waals surface area contributed by atoms with Crippen molar-refractivity contribution in [2.75, 3.05) is 0 Å². The Balaban J connectivity index is 2.25. The Labute approximate surface area is 96.1 Å². The first kappa shape index (κ1) is 10.9. The summed E-state index contributed by atoms with van der Waals surface area (Å²) < 4.78 is 1.10. The van der Waals surface area contributed by atoms with Crippen LogP contribution in [-0.2, 0) is 13.2 Å². The molecule has 2 rings (SSSR count). The molecule has 0 saturated carbocycles. The first-order valence-corrected chi connectivity index (χ1v) is 5.59. The largest absolute Gasteiger partial charge is 0.465 e. The number of benzene rings is 1. The minimum atomic E-state index is -1.03. The lowest BCUT2D eigenvalue weighted by Gasteiger charge is -2.00. The van der Waals surface area contributed by atoms with Gasteiger partial charge >= 0.3 is 6.09 Å². The van der Waals surface area contributed by atoms with E-state index in [-0.39, 0.29) is 6.61 Å². The van der Waals surface area contributed by atoms with E-state index >= 15 is 0 Å². The van der Waals surface area contributed by atoms with Gasteiger partial charge in [0.05, 0.1) is 6.61 Å². The van der Waals surface area contributed by atoms with Crippen LogP contribution in [0, 0.1) is 0 Å². The predicted octanol–water partition coefficient (Wildman–Crippen LogP) is 2.16. The second-order valence-electron chi connectivity index (χ2n) is 3.40. The number of thiophene rings is 1. The topological polar surface area (TPSA) is 69.6 Å². The Hall–Kier alpha value is -1.59. The van der Waals surface area contributed by atoms with E-state index in [0.29, 0.717) is 6.54 Å². The van der Waals surface area contributed by atoms with E-state index in [0.717, 1.165) is 20.5 Å². The molecule has 84 valence electrons. The van der Waals surface area contributed by atoms with Crippen LogP contribution in [-0.4, -0.2) is 16.3 Å². The molecule has 0 radical (unpaired) electrons. The van der Waals surface area contributed by atoms with Gasteiger partial charge in [-0.15, -0.1) is 11.3 Å². The van der Waals surface area contributed by atoms with Crippen molar-refractivity contribution in [2.45, 2.75) is 13.2 Å². The van der Waals surface area contributed by atoms with Crippen molar-refractivity contribution in [2.24, 2.45) is 0 Å². The fourth-order valence-electron chi connectivity index (χ4n) is 1.51. The Bertz CT molecular complexity index is 521. The molecule has 16 heavy (non-hydrogen) atoms. The maximum atomic E-state index is 10.3. The molecule has 1 heterocycles. The van der Waals surface area contributed by atoms with Gasteiger partial charge in [0.2, 0.25) is 0 Å². The molecular formula is C11H11NO3S. The molecule has 5 heteroatoms. The van der Waals surface area contributed by atoms with Gasteiger partial charge in [-0.2, -0.15) is 0 Å². The van der Waals surface area contributed by atoms with E-state index in [1.54, 1.807) is 11.3 Å². The van der Waals surface area contributed by atoms with Crippen LogP contribution in [0.4, 0.5) is 4.79 Å². The minimum absolute atomic E-state index is 0.0437. The molecule has 0 spiro atoms. The van der Waals surface area contributed by atoms with Crippen LogP contribution in [0.1, 0.15) is 10.4 Å². The molecule has 1 aromatic heterocycles. The van der Waals surface area contributed by atoms with Crippen molar-refractivity contribution >= 4 is 27.5 Å². The standard InChI is InChI=1S/C11H11NO3S/c13-6-9-4-8-3-7(5-12-11(14)15)1-2-10(8)16-9/h1-4,12-13H,5-6H2,(H,14,15). The van der Waals surface area contributed by atoms with Gasteiger partial charge in [-0.1, -0.05) is 6.07 Å². The Morgan fingerprint density at radius 1 is 1.38 bits per heavy atom. The average Bonchev–Trinajstić information content (AvgIpc) is 2.68. The zero-order chi connectivity index (χ0) is 11.5. The monoisotopic (exact) mass is 237 g/mol. The van der Waals surface area contributed by atoms with Gasteiger partial charge in [0.25, 0.3) is 0 Å². The molecule has 4 nitrogen and oxygen atoms in total. The number of rotatable bonds is 3. The summed E-state index contributed by atoms with van der Waals surface area (Å²) in [5, 5.41) is 20.9. The molecule has 1 amide bonds. The highest BCUT2D eigenvalue weighted by atomic mass is 32.1. The number of hydrogen-bond donors (Lipinski definition) is 3. The van der Waals surface area contributed by atoms with E-state index in [4.69, 9.17) is 10.2 Å². The van der Waals surface area contributed by atoms with Crippen molar-refractivity contribution in [3.63, 3.8) is 0 Å². The second kappa shape index (κ2) is 4.51. The summed E-state index contributed by atoms with van der Waals surface area (Å²) in [5.74, 6) is 0. The summed E-state index contributed by atoms with van der Waals surface area (Å²) in [6.07, 6.45) is -1.03. The normalized spacial score (nSPS) is 10.6. The van der Waals surface area contributed by atoms with Crippen LogP contribution in [0.15, 0.2) is 24.3 Å². The number of aliphatic hydroxyl groups is 1. The smallest absolute Gasteiger partial charge is 0.404 e. The van der Waals surface area contributed by atoms with Crippen LogP contribution in [0.3, 0.4) is 0 Å². The van der Waals surface area contributed by atoms with Gasteiger partial charge in [-0.25, -0.2) is 4.79 Å². The number of carboxylic acid groups (broad SMARTS) is 1. The molecule has 0 aliphatic heterocycles. The number of nitrogens with one attached hydrogen (secondary N) is 1. The lowest BCUT2D eigenvalue weighted by Crippen LogP contribution is -2.19. The third-order valence-corrected chi connectivity index (χ3v) is 3.33. The number of amides is 1. The Morgan fingerprint density at radius 3 is 2.88 bits per heavy atom. The fourth-order valence-corrected chi connectivity index (χ4v) is 2.42. The maximum Gasteiger partial charge on any atom is 0.404 e. The first-order chi connectivity index (χ1) is 7.69. The zero-order valence-corrected chi connectivity index (χ0v) is 9.25. The first-order valence-electron chi connectivity index (χ1n) is 4.78. The van der Waals surface area contributed by atoms with Gasteiger partial charge in [-0.3, -0.25) is 0 Å². The number of fused-ring (bicyclic) bond motifs is 1. The number of aliphatic hydroxyl groups excluding tert-OH is 1. The number of carbonyl (C=O) groups is 1. The quantitative estimate of drug-likeness (QED) is 0.766. The molecule has 1 aromatic carbocycles. The van der Waals surface area contributed by atoms with Crippen LogP contribution < -0.4 is 5.32 Å². The van der Waals surface area contributed by atoms with Crippen molar-refractivity contribution in [3.8, 4) is 0 Å². The zero-order valence-electron chi connectivity index (χ0n) is 8.43.